The van der Waals surface area contributed by atoms with Crippen LogP contribution in [0.2, 0.25) is 0 Å². The van der Waals surface area contributed by atoms with Crippen molar-refractivity contribution in [1.82, 2.24) is 9.29 Å². The first-order chi connectivity index (χ1) is 10.2. The lowest BCUT2D eigenvalue weighted by atomic mass is 10.0. The van der Waals surface area contributed by atoms with Crippen LogP contribution in [-0.4, -0.2) is 30.2 Å². The average Bonchev–Trinajstić information content (AvgIpc) is 3.26. The number of nitrogens with one attached hydrogen (secondary N) is 1. The summed E-state index contributed by atoms with van der Waals surface area (Å²) in [5.41, 5.74) is -0.308. The maximum atomic E-state index is 12.3. The summed E-state index contributed by atoms with van der Waals surface area (Å²) in [5.74, 6) is -0.401. The Morgan fingerprint density at radius 3 is 2.77 bits per heavy atom. The van der Waals surface area contributed by atoms with Gasteiger partial charge in [0.15, 0.2) is 5.58 Å². The summed E-state index contributed by atoms with van der Waals surface area (Å²) in [6.45, 7) is 1.60. The third kappa shape index (κ3) is 2.69. The van der Waals surface area contributed by atoms with Gasteiger partial charge >= 0.3 is 5.76 Å². The molecule has 1 aliphatic rings. The van der Waals surface area contributed by atoms with Gasteiger partial charge < -0.3 is 9.52 Å². The van der Waals surface area contributed by atoms with E-state index in [2.05, 4.69) is 4.72 Å². The Balaban J connectivity index is 1.88. The number of hydrogen-bond acceptors (Lipinski definition) is 5. The molecule has 2 N–H and O–H groups in total. The van der Waals surface area contributed by atoms with Crippen LogP contribution in [0.15, 0.2) is 32.3 Å². The van der Waals surface area contributed by atoms with Crippen molar-refractivity contribution < 1.29 is 17.9 Å². The van der Waals surface area contributed by atoms with Crippen LogP contribution in [0.1, 0.15) is 19.8 Å². The second-order valence-electron chi connectivity index (χ2n) is 6.01. The number of aryl methyl sites for hydroxylation is 1. The first-order valence-corrected chi connectivity index (χ1v) is 8.51. The quantitative estimate of drug-likeness (QED) is 0.836. The van der Waals surface area contributed by atoms with Gasteiger partial charge in [0.25, 0.3) is 0 Å². The largest absolute Gasteiger partial charge is 0.419 e. The molecule has 0 unspecified atom stereocenters. The Kier molecular flexibility index (Phi) is 3.42. The van der Waals surface area contributed by atoms with E-state index in [1.165, 1.54) is 29.8 Å². The second-order valence-corrected chi connectivity index (χ2v) is 7.78. The number of hydrogen-bond donors (Lipinski definition) is 2. The predicted octanol–water partition coefficient (Wildman–Crippen LogP) is 0.571. The molecule has 0 spiro atoms. The van der Waals surface area contributed by atoms with Gasteiger partial charge in [0.1, 0.15) is 0 Å². The van der Waals surface area contributed by atoms with E-state index >= 15 is 0 Å². The molecule has 7 nitrogen and oxygen atoms in total. The van der Waals surface area contributed by atoms with Crippen molar-refractivity contribution in [1.29, 1.82) is 0 Å². The molecular weight excluding hydrogens is 308 g/mol. The molecule has 22 heavy (non-hydrogen) atoms. The number of fused-ring (bicyclic) bond motifs is 1. The number of sulfonamides is 1. The highest BCUT2D eigenvalue weighted by molar-refractivity contribution is 7.89. The number of rotatable bonds is 5. The summed E-state index contributed by atoms with van der Waals surface area (Å²) < 4.78 is 33.3. The van der Waals surface area contributed by atoms with Crippen molar-refractivity contribution in [3.8, 4) is 0 Å². The Bertz CT molecular complexity index is 874. The summed E-state index contributed by atoms with van der Waals surface area (Å²) in [5, 5.41) is 10.2. The summed E-state index contributed by atoms with van der Waals surface area (Å²) in [6.07, 6.45) is 1.83. The molecule has 0 radical (unpaired) electrons. The van der Waals surface area contributed by atoms with Crippen LogP contribution in [0.25, 0.3) is 11.1 Å². The number of oxazole rings is 1. The summed E-state index contributed by atoms with van der Waals surface area (Å²) in [6, 6.07) is 4.21. The molecular formula is C14H18N2O5S. The SMILES string of the molecule is Cn1c(=O)oc2ccc(S(=O)(=O)NC[C@](C)(O)C3CC3)cc21. The van der Waals surface area contributed by atoms with Gasteiger partial charge in [-0.25, -0.2) is 17.9 Å². The lowest BCUT2D eigenvalue weighted by Crippen LogP contribution is -2.42. The first kappa shape index (κ1) is 15.3. The molecule has 1 aromatic heterocycles. The maximum absolute atomic E-state index is 12.3. The summed E-state index contributed by atoms with van der Waals surface area (Å²) >= 11 is 0. The zero-order valence-corrected chi connectivity index (χ0v) is 13.2. The standard InChI is InChI=1S/C14H18N2O5S/c1-14(18,9-3-4-9)8-15-22(19,20)10-5-6-12-11(7-10)16(2)13(17)21-12/h5-7,9,15,18H,3-4,8H2,1-2H3/t14-/m0/s1. The van der Waals surface area contributed by atoms with E-state index in [0.29, 0.717) is 11.1 Å². The fourth-order valence-electron chi connectivity index (χ4n) is 2.45. The second kappa shape index (κ2) is 4.94. The third-order valence-corrected chi connectivity index (χ3v) is 5.55. The highest BCUT2D eigenvalue weighted by Crippen LogP contribution is 2.39. The topological polar surface area (TPSA) is 102 Å². The molecule has 8 heteroatoms. The highest BCUT2D eigenvalue weighted by Gasteiger charge is 2.40. The highest BCUT2D eigenvalue weighted by atomic mass is 32.2. The van der Waals surface area contributed by atoms with Gasteiger partial charge in [-0.3, -0.25) is 4.57 Å². The van der Waals surface area contributed by atoms with Crippen molar-refractivity contribution in [3.05, 3.63) is 28.7 Å². The minimum atomic E-state index is -3.77. The molecule has 1 aromatic carbocycles. The molecule has 1 fully saturated rings. The molecule has 120 valence electrons. The molecule has 1 aliphatic carbocycles. The van der Waals surface area contributed by atoms with Crippen LogP contribution in [0, 0.1) is 5.92 Å². The number of aliphatic hydroxyl groups is 1. The fraction of sp³-hybridized carbons (Fsp3) is 0.500. The fourth-order valence-corrected chi connectivity index (χ4v) is 3.61. The minimum absolute atomic E-state index is 0.0306. The van der Waals surface area contributed by atoms with Crippen molar-refractivity contribution in [3.63, 3.8) is 0 Å². The van der Waals surface area contributed by atoms with Gasteiger partial charge in [-0.2, -0.15) is 0 Å². The smallest absolute Gasteiger partial charge is 0.408 e. The maximum Gasteiger partial charge on any atom is 0.419 e. The van der Waals surface area contributed by atoms with Gasteiger partial charge in [0.2, 0.25) is 10.0 Å². The summed E-state index contributed by atoms with van der Waals surface area (Å²) in [7, 11) is -2.26. The number of aromatic nitrogens is 1. The Hall–Kier alpha value is -1.64. The van der Waals surface area contributed by atoms with Gasteiger partial charge in [0.05, 0.1) is 16.0 Å². The normalized spacial score (nSPS) is 18.5. The monoisotopic (exact) mass is 326 g/mol. The minimum Gasteiger partial charge on any atom is -0.408 e. The van der Waals surface area contributed by atoms with E-state index in [0.717, 1.165) is 12.8 Å². The van der Waals surface area contributed by atoms with E-state index in [4.69, 9.17) is 4.42 Å². The zero-order valence-electron chi connectivity index (χ0n) is 12.4. The van der Waals surface area contributed by atoms with Crippen molar-refractivity contribution >= 4 is 21.1 Å². The van der Waals surface area contributed by atoms with Gasteiger partial charge in [-0.1, -0.05) is 0 Å². The molecule has 1 atom stereocenters. The number of benzene rings is 1. The van der Waals surface area contributed by atoms with E-state index in [1.807, 2.05) is 0 Å². The van der Waals surface area contributed by atoms with Gasteiger partial charge in [0, 0.05) is 13.6 Å². The molecule has 3 rings (SSSR count). The lowest BCUT2D eigenvalue weighted by molar-refractivity contribution is 0.0422. The Morgan fingerprint density at radius 1 is 1.45 bits per heavy atom. The van der Waals surface area contributed by atoms with Crippen LogP contribution in [0.5, 0.6) is 0 Å². The van der Waals surface area contributed by atoms with Crippen LogP contribution in [0.4, 0.5) is 0 Å². The predicted molar refractivity (Wildman–Crippen MR) is 80.0 cm³/mol. The van der Waals surface area contributed by atoms with E-state index < -0.39 is 21.4 Å². The van der Waals surface area contributed by atoms with Crippen LogP contribution >= 0.6 is 0 Å². The van der Waals surface area contributed by atoms with Crippen molar-refractivity contribution in [2.45, 2.75) is 30.3 Å². The van der Waals surface area contributed by atoms with Gasteiger partial charge in [-0.15, -0.1) is 0 Å². The van der Waals surface area contributed by atoms with Gasteiger partial charge in [-0.05, 0) is 43.9 Å². The Morgan fingerprint density at radius 2 is 2.14 bits per heavy atom. The Labute approximate surface area is 127 Å². The first-order valence-electron chi connectivity index (χ1n) is 7.02. The third-order valence-electron chi connectivity index (χ3n) is 4.15. The molecule has 1 heterocycles. The lowest BCUT2D eigenvalue weighted by Gasteiger charge is -2.23. The number of nitrogens with zero attached hydrogens (tertiary/aromatic N) is 1. The van der Waals surface area contributed by atoms with E-state index in [9.17, 15) is 18.3 Å². The van der Waals surface area contributed by atoms with Crippen molar-refractivity contribution in [2.75, 3.05) is 6.54 Å². The van der Waals surface area contributed by atoms with Crippen LogP contribution in [0.3, 0.4) is 0 Å². The molecule has 1 saturated carbocycles. The zero-order chi connectivity index (χ0) is 16.1. The summed E-state index contributed by atoms with van der Waals surface area (Å²) in [4.78, 5) is 11.5. The molecule has 0 saturated heterocycles. The van der Waals surface area contributed by atoms with Crippen molar-refractivity contribution in [2.24, 2.45) is 13.0 Å². The average molecular weight is 326 g/mol. The molecule has 0 bridgehead atoms. The van der Waals surface area contributed by atoms with Crippen LogP contribution in [-0.2, 0) is 17.1 Å². The van der Waals surface area contributed by atoms with Crippen LogP contribution < -0.4 is 10.5 Å². The molecule has 0 amide bonds. The van der Waals surface area contributed by atoms with E-state index in [1.54, 1.807) is 6.92 Å². The molecule has 0 aliphatic heterocycles. The molecule has 2 aromatic rings. The van der Waals surface area contributed by atoms with E-state index in [-0.39, 0.29) is 17.4 Å².